The molecule has 3 aromatic rings. The van der Waals surface area contributed by atoms with E-state index in [4.69, 9.17) is 8.94 Å². The number of carbonyl (C=O) groups is 1. The van der Waals surface area contributed by atoms with Gasteiger partial charge in [0.25, 0.3) is 5.89 Å². The summed E-state index contributed by atoms with van der Waals surface area (Å²) in [5, 5.41) is 6.79. The molecule has 0 radical (unpaired) electrons. The van der Waals surface area contributed by atoms with Crippen molar-refractivity contribution in [3.05, 3.63) is 54.2 Å². The summed E-state index contributed by atoms with van der Waals surface area (Å²) in [5.41, 5.74) is 1.49. The van der Waals surface area contributed by atoms with Crippen LogP contribution >= 0.6 is 0 Å². The quantitative estimate of drug-likeness (QED) is 0.755. The maximum atomic E-state index is 12.2. The van der Waals surface area contributed by atoms with Crippen molar-refractivity contribution in [1.29, 1.82) is 0 Å². The number of furan rings is 1. The van der Waals surface area contributed by atoms with Gasteiger partial charge in [0, 0.05) is 24.2 Å². The summed E-state index contributed by atoms with van der Waals surface area (Å²) < 4.78 is 10.5. The topological polar surface area (TPSA) is 84.4 Å². The molecule has 0 saturated carbocycles. The molecule has 130 valence electrons. The molecule has 0 bridgehead atoms. The van der Waals surface area contributed by atoms with Gasteiger partial charge in [0.15, 0.2) is 5.82 Å². The summed E-state index contributed by atoms with van der Waals surface area (Å²) in [7, 11) is 1.71. The molecule has 3 rings (SSSR count). The van der Waals surface area contributed by atoms with E-state index in [2.05, 4.69) is 15.5 Å². The fourth-order valence-corrected chi connectivity index (χ4v) is 2.21. The summed E-state index contributed by atoms with van der Waals surface area (Å²) in [6, 6.07) is 10.7. The van der Waals surface area contributed by atoms with E-state index in [1.165, 1.54) is 0 Å². The molecule has 7 heteroatoms. The van der Waals surface area contributed by atoms with Crippen LogP contribution in [0, 0.1) is 0 Å². The normalized spacial score (nSPS) is 10.9. The molecule has 1 N–H and O–H groups in total. The molecule has 25 heavy (non-hydrogen) atoms. The molecule has 2 heterocycles. The number of benzene rings is 1. The second-order valence-electron chi connectivity index (χ2n) is 6.06. The molecule has 0 atom stereocenters. The van der Waals surface area contributed by atoms with Gasteiger partial charge in [0.1, 0.15) is 5.76 Å². The smallest absolute Gasteiger partial charge is 0.321 e. The number of aromatic nitrogens is 2. The first kappa shape index (κ1) is 16.8. The summed E-state index contributed by atoms with van der Waals surface area (Å²) in [6.07, 6.45) is 1.59. The van der Waals surface area contributed by atoms with Crippen LogP contribution in [0.2, 0.25) is 0 Å². The number of hydrogen-bond acceptors (Lipinski definition) is 5. The molecule has 0 spiro atoms. The highest BCUT2D eigenvalue weighted by Gasteiger charge is 2.13. The minimum absolute atomic E-state index is 0.209. The number of rotatable bonds is 5. The lowest BCUT2D eigenvalue weighted by atomic mass is 10.2. The van der Waals surface area contributed by atoms with E-state index in [0.717, 1.165) is 11.3 Å². The van der Waals surface area contributed by atoms with E-state index in [-0.39, 0.29) is 11.9 Å². The van der Waals surface area contributed by atoms with Crippen LogP contribution in [0.4, 0.5) is 10.5 Å². The van der Waals surface area contributed by atoms with Gasteiger partial charge in [-0.15, -0.1) is 0 Å². The Bertz CT molecular complexity index is 822. The number of amides is 2. The SMILES string of the molecule is CC(C)c1noc(-c2ccc(NC(=O)N(C)Cc3ccco3)cc2)n1. The lowest BCUT2D eigenvalue weighted by molar-refractivity contribution is 0.217. The minimum Gasteiger partial charge on any atom is -0.467 e. The van der Waals surface area contributed by atoms with Crippen LogP contribution in [0.1, 0.15) is 31.4 Å². The fraction of sp³-hybridized carbons (Fsp3) is 0.278. The van der Waals surface area contributed by atoms with Crippen molar-refractivity contribution in [2.75, 3.05) is 12.4 Å². The van der Waals surface area contributed by atoms with Crippen molar-refractivity contribution in [3.8, 4) is 11.5 Å². The zero-order valence-corrected chi connectivity index (χ0v) is 14.4. The van der Waals surface area contributed by atoms with E-state index >= 15 is 0 Å². The maximum Gasteiger partial charge on any atom is 0.321 e. The zero-order chi connectivity index (χ0) is 17.8. The zero-order valence-electron chi connectivity index (χ0n) is 14.4. The fourth-order valence-electron chi connectivity index (χ4n) is 2.21. The van der Waals surface area contributed by atoms with Gasteiger partial charge >= 0.3 is 6.03 Å². The first-order valence-electron chi connectivity index (χ1n) is 8.01. The summed E-state index contributed by atoms with van der Waals surface area (Å²) >= 11 is 0. The van der Waals surface area contributed by atoms with Gasteiger partial charge in [-0.05, 0) is 36.4 Å². The monoisotopic (exact) mass is 340 g/mol. The van der Waals surface area contributed by atoms with Crippen LogP contribution in [0.15, 0.2) is 51.6 Å². The van der Waals surface area contributed by atoms with Crippen LogP contribution in [0.5, 0.6) is 0 Å². The van der Waals surface area contributed by atoms with Gasteiger partial charge in [-0.2, -0.15) is 4.98 Å². The van der Waals surface area contributed by atoms with Gasteiger partial charge in [-0.1, -0.05) is 19.0 Å². The van der Waals surface area contributed by atoms with Gasteiger partial charge in [0.2, 0.25) is 0 Å². The van der Waals surface area contributed by atoms with Gasteiger partial charge in [-0.3, -0.25) is 0 Å². The number of hydrogen-bond donors (Lipinski definition) is 1. The van der Waals surface area contributed by atoms with E-state index in [0.29, 0.717) is 23.9 Å². The molecule has 0 fully saturated rings. The van der Waals surface area contributed by atoms with E-state index in [1.54, 1.807) is 36.4 Å². The van der Waals surface area contributed by atoms with Crippen molar-refractivity contribution in [2.45, 2.75) is 26.3 Å². The number of nitrogens with one attached hydrogen (secondary N) is 1. The number of carbonyl (C=O) groups excluding carboxylic acids is 1. The van der Waals surface area contributed by atoms with Crippen molar-refractivity contribution in [3.63, 3.8) is 0 Å². The molecule has 0 unspecified atom stereocenters. The molecular formula is C18H20N4O3. The first-order chi connectivity index (χ1) is 12.0. The highest BCUT2D eigenvalue weighted by atomic mass is 16.5. The Hall–Kier alpha value is -3.09. The Labute approximate surface area is 145 Å². The predicted octanol–water partition coefficient (Wildman–Crippen LogP) is 4.12. The Kier molecular flexibility index (Phi) is 4.83. The van der Waals surface area contributed by atoms with Crippen molar-refractivity contribution in [1.82, 2.24) is 15.0 Å². The van der Waals surface area contributed by atoms with Crippen LogP contribution in [-0.2, 0) is 6.54 Å². The highest BCUT2D eigenvalue weighted by Crippen LogP contribution is 2.22. The number of anilines is 1. The molecular weight excluding hydrogens is 320 g/mol. The van der Waals surface area contributed by atoms with E-state index < -0.39 is 0 Å². The Balaban J connectivity index is 1.62. The van der Waals surface area contributed by atoms with Crippen LogP contribution in [0.3, 0.4) is 0 Å². The van der Waals surface area contributed by atoms with Gasteiger partial charge in [0.05, 0.1) is 12.8 Å². The summed E-state index contributed by atoms with van der Waals surface area (Å²) in [6.45, 7) is 4.41. The second kappa shape index (κ2) is 7.21. The Morgan fingerprint density at radius 1 is 1.24 bits per heavy atom. The average Bonchev–Trinajstić information content (AvgIpc) is 3.27. The van der Waals surface area contributed by atoms with E-state index in [9.17, 15) is 4.79 Å². The highest BCUT2D eigenvalue weighted by molar-refractivity contribution is 5.89. The molecule has 0 aliphatic rings. The van der Waals surface area contributed by atoms with Crippen molar-refractivity contribution < 1.29 is 13.7 Å². The molecule has 0 saturated heterocycles. The summed E-state index contributed by atoms with van der Waals surface area (Å²) in [5.74, 6) is 2.08. The average molecular weight is 340 g/mol. The number of urea groups is 1. The molecule has 0 aliphatic heterocycles. The molecule has 7 nitrogen and oxygen atoms in total. The predicted molar refractivity (Wildman–Crippen MR) is 93.0 cm³/mol. The van der Waals surface area contributed by atoms with Crippen LogP contribution in [0.25, 0.3) is 11.5 Å². The lowest BCUT2D eigenvalue weighted by Gasteiger charge is -2.16. The lowest BCUT2D eigenvalue weighted by Crippen LogP contribution is -2.30. The minimum atomic E-state index is -0.218. The molecule has 0 aliphatic carbocycles. The van der Waals surface area contributed by atoms with Gasteiger partial charge in [-0.25, -0.2) is 4.79 Å². The standard InChI is InChI=1S/C18H20N4O3/c1-12(2)16-20-17(25-21-16)13-6-8-14(9-7-13)19-18(23)22(3)11-15-5-4-10-24-15/h4-10,12H,11H2,1-3H3,(H,19,23). The third kappa shape index (κ3) is 4.06. The largest absolute Gasteiger partial charge is 0.467 e. The Morgan fingerprint density at radius 3 is 2.60 bits per heavy atom. The maximum absolute atomic E-state index is 12.2. The van der Waals surface area contributed by atoms with Crippen molar-refractivity contribution in [2.24, 2.45) is 0 Å². The first-order valence-corrected chi connectivity index (χ1v) is 8.01. The summed E-state index contributed by atoms with van der Waals surface area (Å²) in [4.78, 5) is 18.1. The van der Waals surface area contributed by atoms with E-state index in [1.807, 2.05) is 32.0 Å². The van der Waals surface area contributed by atoms with Gasteiger partial charge < -0.3 is 19.2 Å². The molecule has 1 aromatic carbocycles. The van der Waals surface area contributed by atoms with Crippen LogP contribution < -0.4 is 5.32 Å². The third-order valence-corrected chi connectivity index (χ3v) is 3.66. The molecule has 2 aromatic heterocycles. The number of nitrogens with zero attached hydrogens (tertiary/aromatic N) is 3. The third-order valence-electron chi connectivity index (χ3n) is 3.66. The second-order valence-corrected chi connectivity index (χ2v) is 6.06. The molecule has 2 amide bonds. The Morgan fingerprint density at radius 2 is 2.00 bits per heavy atom. The van der Waals surface area contributed by atoms with Crippen molar-refractivity contribution >= 4 is 11.7 Å². The van der Waals surface area contributed by atoms with Crippen LogP contribution in [-0.4, -0.2) is 28.1 Å².